The van der Waals surface area contributed by atoms with Gasteiger partial charge in [0.25, 0.3) is 0 Å². The molecule has 2 atom stereocenters. The van der Waals surface area contributed by atoms with Gasteiger partial charge < -0.3 is 15.3 Å². The quantitative estimate of drug-likeness (QED) is 0.879. The first kappa shape index (κ1) is 16.6. The van der Waals surface area contributed by atoms with Gasteiger partial charge in [0.2, 0.25) is 0 Å². The number of benzene rings is 1. The van der Waals surface area contributed by atoms with Crippen LogP contribution >= 0.6 is 0 Å². The summed E-state index contributed by atoms with van der Waals surface area (Å²) in [6, 6.07) is 7.07. The maximum absolute atomic E-state index is 12.6. The van der Waals surface area contributed by atoms with Gasteiger partial charge in [-0.2, -0.15) is 5.10 Å². The zero-order valence-electron chi connectivity index (χ0n) is 14.6. The van der Waals surface area contributed by atoms with Crippen molar-refractivity contribution < 1.29 is 14.7 Å². The van der Waals surface area contributed by atoms with E-state index in [1.54, 1.807) is 29.0 Å². The second-order valence-electron chi connectivity index (χ2n) is 7.18. The van der Waals surface area contributed by atoms with Crippen molar-refractivity contribution in [1.29, 1.82) is 0 Å². The maximum Gasteiger partial charge on any atom is 0.321 e. The van der Waals surface area contributed by atoms with Gasteiger partial charge in [0, 0.05) is 31.4 Å². The Morgan fingerprint density at radius 1 is 1.38 bits per heavy atom. The van der Waals surface area contributed by atoms with Crippen LogP contribution in [0.25, 0.3) is 11.4 Å². The number of hydrogen-bond donors (Lipinski definition) is 2. The predicted molar refractivity (Wildman–Crippen MR) is 94.4 cm³/mol. The van der Waals surface area contributed by atoms with Crippen molar-refractivity contribution in [2.24, 2.45) is 18.4 Å². The highest BCUT2D eigenvalue weighted by Crippen LogP contribution is 2.48. The minimum absolute atomic E-state index is 0.0507. The number of carbonyl (C=O) groups excluding carboxylic acids is 1. The molecule has 2 N–H and O–H groups in total. The average Bonchev–Trinajstić information content (AvgIpc) is 3.28. The molecule has 2 amide bonds. The van der Waals surface area contributed by atoms with E-state index in [9.17, 15) is 14.7 Å². The first-order chi connectivity index (χ1) is 12.5. The van der Waals surface area contributed by atoms with Crippen molar-refractivity contribution in [2.45, 2.75) is 19.3 Å². The molecule has 1 saturated carbocycles. The number of carbonyl (C=O) groups is 2. The van der Waals surface area contributed by atoms with Gasteiger partial charge in [0.05, 0.1) is 5.41 Å². The van der Waals surface area contributed by atoms with Crippen molar-refractivity contribution in [3.8, 4) is 11.4 Å². The Labute approximate surface area is 150 Å². The molecule has 0 spiro atoms. The van der Waals surface area contributed by atoms with E-state index in [4.69, 9.17) is 0 Å². The second-order valence-corrected chi connectivity index (χ2v) is 7.18. The summed E-state index contributed by atoms with van der Waals surface area (Å²) >= 11 is 0. The molecule has 1 saturated heterocycles. The van der Waals surface area contributed by atoms with Crippen LogP contribution in [0.4, 0.5) is 10.5 Å². The number of urea groups is 1. The lowest BCUT2D eigenvalue weighted by atomic mass is 9.81. The van der Waals surface area contributed by atoms with Gasteiger partial charge in [-0.05, 0) is 30.9 Å². The number of fused-ring (bicyclic) bond motifs is 1. The van der Waals surface area contributed by atoms with Crippen LogP contribution in [0.15, 0.2) is 30.6 Å². The van der Waals surface area contributed by atoms with Crippen LogP contribution in [0.5, 0.6) is 0 Å². The molecular weight excluding hydrogens is 334 g/mol. The fraction of sp³-hybridized carbons (Fsp3) is 0.444. The molecule has 1 aromatic carbocycles. The van der Waals surface area contributed by atoms with Crippen molar-refractivity contribution in [1.82, 2.24) is 19.7 Å². The molecule has 136 valence electrons. The maximum atomic E-state index is 12.6. The number of carboxylic acids is 1. The summed E-state index contributed by atoms with van der Waals surface area (Å²) in [7, 11) is 1.80. The Bertz CT molecular complexity index is 864. The number of hydrogen-bond acceptors (Lipinski definition) is 4. The lowest BCUT2D eigenvalue weighted by Crippen LogP contribution is -2.38. The van der Waals surface area contributed by atoms with Crippen LogP contribution in [0.1, 0.15) is 19.3 Å². The van der Waals surface area contributed by atoms with E-state index in [2.05, 4.69) is 15.4 Å². The molecule has 8 heteroatoms. The highest BCUT2D eigenvalue weighted by Gasteiger charge is 2.55. The van der Waals surface area contributed by atoms with Gasteiger partial charge in [0.1, 0.15) is 6.33 Å². The van der Waals surface area contributed by atoms with Gasteiger partial charge in [-0.25, -0.2) is 9.78 Å². The standard InChI is InChI=1S/C18H21N5O3/c1-22-11-19-15(21-22)12-4-2-6-14(8-12)20-17(26)23-9-13-5-3-7-18(13,10-23)16(24)25/h2,4,6,8,11,13H,3,5,7,9-10H2,1H3,(H,20,26)(H,24,25)/t13-,18+/m0/s1. The summed E-state index contributed by atoms with van der Waals surface area (Å²) in [5.41, 5.74) is 0.682. The molecule has 1 aliphatic carbocycles. The number of anilines is 1. The smallest absolute Gasteiger partial charge is 0.321 e. The van der Waals surface area contributed by atoms with Crippen LogP contribution in [0.3, 0.4) is 0 Å². The first-order valence-corrected chi connectivity index (χ1v) is 8.73. The fourth-order valence-corrected chi connectivity index (χ4v) is 4.20. The van der Waals surface area contributed by atoms with E-state index in [0.29, 0.717) is 24.5 Å². The third-order valence-electron chi connectivity index (χ3n) is 5.56. The van der Waals surface area contributed by atoms with Crippen LogP contribution in [-0.4, -0.2) is 49.9 Å². The zero-order chi connectivity index (χ0) is 18.3. The normalized spacial score (nSPS) is 24.5. The lowest BCUT2D eigenvalue weighted by Gasteiger charge is -2.23. The number of aryl methyl sites for hydroxylation is 1. The number of amides is 2. The van der Waals surface area contributed by atoms with Gasteiger partial charge in [0.15, 0.2) is 5.82 Å². The monoisotopic (exact) mass is 355 g/mol. The van der Waals surface area contributed by atoms with E-state index >= 15 is 0 Å². The third-order valence-corrected chi connectivity index (χ3v) is 5.56. The molecule has 0 bridgehead atoms. The molecule has 8 nitrogen and oxygen atoms in total. The molecule has 0 unspecified atom stereocenters. The molecule has 2 aliphatic rings. The Morgan fingerprint density at radius 2 is 2.23 bits per heavy atom. The van der Waals surface area contributed by atoms with Crippen molar-refractivity contribution in [3.05, 3.63) is 30.6 Å². The average molecular weight is 355 g/mol. The van der Waals surface area contributed by atoms with E-state index in [1.165, 1.54) is 0 Å². The Balaban J connectivity index is 1.48. The molecule has 2 fully saturated rings. The number of rotatable bonds is 3. The third kappa shape index (κ3) is 2.71. The summed E-state index contributed by atoms with van der Waals surface area (Å²) in [6.45, 7) is 0.778. The summed E-state index contributed by atoms with van der Waals surface area (Å²) in [5, 5.41) is 16.8. The van der Waals surface area contributed by atoms with E-state index in [-0.39, 0.29) is 18.5 Å². The fourth-order valence-electron chi connectivity index (χ4n) is 4.20. The number of nitrogens with one attached hydrogen (secondary N) is 1. The summed E-state index contributed by atoms with van der Waals surface area (Å²) in [5.74, 6) is -0.141. The summed E-state index contributed by atoms with van der Waals surface area (Å²) in [4.78, 5) is 30.3. The minimum atomic E-state index is -0.779. The largest absolute Gasteiger partial charge is 0.481 e. The van der Waals surface area contributed by atoms with Crippen LogP contribution in [-0.2, 0) is 11.8 Å². The van der Waals surface area contributed by atoms with Gasteiger partial charge in [-0.1, -0.05) is 18.6 Å². The van der Waals surface area contributed by atoms with Crippen molar-refractivity contribution in [2.75, 3.05) is 18.4 Å². The van der Waals surface area contributed by atoms with Gasteiger partial charge >= 0.3 is 12.0 Å². The van der Waals surface area contributed by atoms with E-state index in [1.807, 2.05) is 18.2 Å². The molecule has 4 rings (SSSR count). The Morgan fingerprint density at radius 3 is 2.92 bits per heavy atom. The SMILES string of the molecule is Cn1cnc(-c2cccc(NC(=O)N3C[C@@H]4CCC[C@@]4(C(=O)O)C3)c2)n1. The summed E-state index contributed by atoms with van der Waals surface area (Å²) < 4.78 is 1.62. The number of aromatic nitrogens is 3. The predicted octanol–water partition coefficient (Wildman–Crippen LogP) is 2.20. The molecule has 2 heterocycles. The highest BCUT2D eigenvalue weighted by atomic mass is 16.4. The first-order valence-electron chi connectivity index (χ1n) is 8.73. The minimum Gasteiger partial charge on any atom is -0.481 e. The topological polar surface area (TPSA) is 100 Å². The van der Waals surface area contributed by atoms with Crippen molar-refractivity contribution >= 4 is 17.7 Å². The molecule has 0 radical (unpaired) electrons. The van der Waals surface area contributed by atoms with Crippen LogP contribution in [0, 0.1) is 11.3 Å². The molecule has 26 heavy (non-hydrogen) atoms. The second kappa shape index (κ2) is 6.12. The number of nitrogens with zero attached hydrogens (tertiary/aromatic N) is 4. The molecule has 1 aromatic heterocycles. The number of aliphatic carboxylic acids is 1. The Hall–Kier alpha value is -2.90. The van der Waals surface area contributed by atoms with Gasteiger partial charge in [-0.3, -0.25) is 9.48 Å². The summed E-state index contributed by atoms with van der Waals surface area (Å²) in [6.07, 6.45) is 4.06. The van der Waals surface area contributed by atoms with Crippen LogP contribution in [0.2, 0.25) is 0 Å². The lowest BCUT2D eigenvalue weighted by molar-refractivity contribution is -0.149. The highest BCUT2D eigenvalue weighted by molar-refractivity contribution is 5.91. The molecule has 1 aliphatic heterocycles. The van der Waals surface area contributed by atoms with E-state index < -0.39 is 11.4 Å². The molecular formula is C18H21N5O3. The van der Waals surface area contributed by atoms with Crippen molar-refractivity contribution in [3.63, 3.8) is 0 Å². The zero-order valence-corrected chi connectivity index (χ0v) is 14.6. The van der Waals surface area contributed by atoms with Crippen LogP contribution < -0.4 is 5.32 Å². The number of likely N-dealkylation sites (tertiary alicyclic amines) is 1. The number of carboxylic acid groups (broad SMARTS) is 1. The van der Waals surface area contributed by atoms with E-state index in [0.717, 1.165) is 18.4 Å². The Kier molecular flexibility index (Phi) is 3.90. The molecule has 2 aromatic rings. The van der Waals surface area contributed by atoms with Gasteiger partial charge in [-0.15, -0.1) is 0 Å².